The van der Waals surface area contributed by atoms with Gasteiger partial charge in [-0.15, -0.1) is 5.10 Å². The highest BCUT2D eigenvalue weighted by Gasteiger charge is 2.16. The highest BCUT2D eigenvalue weighted by molar-refractivity contribution is 5.62. The number of aromatic nitrogens is 3. The molecule has 0 unspecified atom stereocenters. The fourth-order valence-electron chi connectivity index (χ4n) is 1.84. The van der Waals surface area contributed by atoms with Crippen molar-refractivity contribution in [3.05, 3.63) is 45.8 Å². The first kappa shape index (κ1) is 15.0. The lowest BCUT2D eigenvalue weighted by atomic mass is 10.1. The van der Waals surface area contributed by atoms with Gasteiger partial charge in [-0.1, -0.05) is 11.3 Å². The predicted octanol–water partition coefficient (Wildman–Crippen LogP) is 2.86. The molecule has 2 rings (SSSR count). The molecule has 1 aromatic heterocycles. The Kier molecular flexibility index (Phi) is 3.93. The number of anilines is 1. The maximum absolute atomic E-state index is 11.0. The van der Waals surface area contributed by atoms with E-state index in [0.29, 0.717) is 12.2 Å². The zero-order valence-electron chi connectivity index (χ0n) is 12.6. The van der Waals surface area contributed by atoms with E-state index in [1.165, 1.54) is 6.07 Å². The predicted molar refractivity (Wildman–Crippen MR) is 80.2 cm³/mol. The number of hydrogen-bond acceptors (Lipinski definition) is 5. The Bertz CT molecular complexity index is 658. The van der Waals surface area contributed by atoms with Crippen LogP contribution in [0.25, 0.3) is 0 Å². The molecule has 0 saturated heterocycles. The lowest BCUT2D eigenvalue weighted by Gasteiger charge is -2.17. The molecule has 0 spiro atoms. The molecule has 0 saturated carbocycles. The van der Waals surface area contributed by atoms with Crippen LogP contribution in [0.3, 0.4) is 0 Å². The third-order valence-electron chi connectivity index (χ3n) is 3.04. The van der Waals surface area contributed by atoms with E-state index in [-0.39, 0.29) is 11.2 Å². The molecule has 0 fully saturated rings. The van der Waals surface area contributed by atoms with Crippen LogP contribution in [0.4, 0.5) is 11.4 Å². The van der Waals surface area contributed by atoms with Gasteiger partial charge in [0.25, 0.3) is 5.69 Å². The van der Waals surface area contributed by atoms with Crippen molar-refractivity contribution in [3.63, 3.8) is 0 Å². The average molecular weight is 289 g/mol. The Morgan fingerprint density at radius 3 is 2.67 bits per heavy atom. The van der Waals surface area contributed by atoms with Crippen molar-refractivity contribution in [2.75, 3.05) is 5.32 Å². The zero-order valence-corrected chi connectivity index (χ0v) is 12.6. The molecule has 1 heterocycles. The minimum atomic E-state index is -0.395. The van der Waals surface area contributed by atoms with Crippen LogP contribution in [0.1, 0.15) is 32.0 Å². The zero-order chi connectivity index (χ0) is 15.6. The van der Waals surface area contributed by atoms with Crippen molar-refractivity contribution < 1.29 is 4.92 Å². The Morgan fingerprint density at radius 2 is 2.10 bits per heavy atom. The average Bonchev–Trinajstić information content (AvgIpc) is 2.84. The van der Waals surface area contributed by atoms with Gasteiger partial charge in [-0.3, -0.25) is 10.1 Å². The van der Waals surface area contributed by atoms with E-state index in [1.807, 2.05) is 33.9 Å². The van der Waals surface area contributed by atoms with Crippen molar-refractivity contribution in [1.82, 2.24) is 15.0 Å². The molecule has 0 atom stereocenters. The number of hydrogen-bond donors (Lipinski definition) is 1. The number of nitrogens with one attached hydrogen (secondary N) is 1. The third kappa shape index (κ3) is 3.56. The van der Waals surface area contributed by atoms with E-state index in [4.69, 9.17) is 0 Å². The number of aryl methyl sites for hydroxylation is 1. The van der Waals surface area contributed by atoms with Crippen LogP contribution < -0.4 is 5.32 Å². The van der Waals surface area contributed by atoms with Gasteiger partial charge in [0, 0.05) is 6.07 Å². The number of nitro benzene ring substituents is 1. The van der Waals surface area contributed by atoms with Gasteiger partial charge >= 0.3 is 0 Å². The topological polar surface area (TPSA) is 85.9 Å². The number of nitro groups is 1. The van der Waals surface area contributed by atoms with Gasteiger partial charge in [0.2, 0.25) is 0 Å². The third-order valence-corrected chi connectivity index (χ3v) is 3.04. The Hall–Kier alpha value is -2.44. The number of benzene rings is 1. The van der Waals surface area contributed by atoms with Crippen LogP contribution in [0, 0.1) is 17.0 Å². The summed E-state index contributed by atoms with van der Waals surface area (Å²) in [7, 11) is 0. The van der Waals surface area contributed by atoms with Gasteiger partial charge < -0.3 is 5.32 Å². The molecule has 0 amide bonds. The second-order valence-corrected chi connectivity index (χ2v) is 5.96. The normalized spacial score (nSPS) is 11.4. The van der Waals surface area contributed by atoms with Gasteiger partial charge in [-0.25, -0.2) is 4.68 Å². The lowest BCUT2D eigenvalue weighted by Crippen LogP contribution is -2.22. The molecule has 7 nitrogen and oxygen atoms in total. The van der Waals surface area contributed by atoms with Crippen LogP contribution in [-0.4, -0.2) is 19.9 Å². The summed E-state index contributed by atoms with van der Waals surface area (Å²) in [5.74, 6) is 0. The fraction of sp³-hybridized carbons (Fsp3) is 0.429. The molecule has 0 aliphatic rings. The van der Waals surface area contributed by atoms with Crippen LogP contribution in [0.2, 0.25) is 0 Å². The number of nitrogens with zero attached hydrogens (tertiary/aromatic N) is 4. The van der Waals surface area contributed by atoms with Crippen molar-refractivity contribution in [3.8, 4) is 0 Å². The molecule has 0 aliphatic heterocycles. The summed E-state index contributed by atoms with van der Waals surface area (Å²) in [6.07, 6.45) is 1.84. The summed E-state index contributed by atoms with van der Waals surface area (Å²) < 4.78 is 1.77. The molecule has 0 radical (unpaired) electrons. The van der Waals surface area contributed by atoms with E-state index in [0.717, 1.165) is 11.3 Å². The number of rotatable bonds is 4. The molecule has 0 bridgehead atoms. The maximum Gasteiger partial charge on any atom is 0.292 e. The summed E-state index contributed by atoms with van der Waals surface area (Å²) in [5, 5.41) is 22.2. The van der Waals surface area contributed by atoms with Gasteiger partial charge in [0.05, 0.1) is 23.2 Å². The molecule has 21 heavy (non-hydrogen) atoms. The van der Waals surface area contributed by atoms with Crippen molar-refractivity contribution in [2.45, 2.75) is 39.8 Å². The first-order valence-corrected chi connectivity index (χ1v) is 6.68. The van der Waals surface area contributed by atoms with E-state index in [9.17, 15) is 10.1 Å². The standard InChI is InChI=1S/C14H19N5O2/c1-10-5-6-13(19(20)21)12(7-10)15-8-11-9-18(17-16-11)14(2,3)4/h5-7,9,15H,8H2,1-4H3. The fourth-order valence-corrected chi connectivity index (χ4v) is 1.84. The van der Waals surface area contributed by atoms with Crippen LogP contribution in [0.15, 0.2) is 24.4 Å². The van der Waals surface area contributed by atoms with Gasteiger partial charge in [0.1, 0.15) is 11.4 Å². The maximum atomic E-state index is 11.0. The Labute approximate surface area is 123 Å². The molecule has 1 aromatic carbocycles. The van der Waals surface area contributed by atoms with E-state index in [1.54, 1.807) is 16.8 Å². The van der Waals surface area contributed by atoms with Gasteiger partial charge in [-0.2, -0.15) is 0 Å². The van der Waals surface area contributed by atoms with Crippen molar-refractivity contribution >= 4 is 11.4 Å². The monoisotopic (exact) mass is 289 g/mol. The van der Waals surface area contributed by atoms with E-state index < -0.39 is 4.92 Å². The van der Waals surface area contributed by atoms with E-state index in [2.05, 4.69) is 15.6 Å². The Balaban J connectivity index is 2.15. The highest BCUT2D eigenvalue weighted by atomic mass is 16.6. The second kappa shape index (κ2) is 5.51. The molecular formula is C14H19N5O2. The summed E-state index contributed by atoms with van der Waals surface area (Å²) in [5.41, 5.74) is 2.11. The SMILES string of the molecule is Cc1ccc([N+](=O)[O-])c(NCc2cn(C(C)(C)C)nn2)c1. The largest absolute Gasteiger partial charge is 0.374 e. The van der Waals surface area contributed by atoms with E-state index >= 15 is 0 Å². The summed E-state index contributed by atoms with van der Waals surface area (Å²) >= 11 is 0. The molecule has 1 N–H and O–H groups in total. The Morgan fingerprint density at radius 1 is 1.38 bits per heavy atom. The molecule has 0 aliphatic carbocycles. The molecule has 2 aromatic rings. The highest BCUT2D eigenvalue weighted by Crippen LogP contribution is 2.25. The van der Waals surface area contributed by atoms with Crippen molar-refractivity contribution in [1.29, 1.82) is 0 Å². The minimum absolute atomic E-state index is 0.0591. The molecule has 7 heteroatoms. The molecular weight excluding hydrogens is 270 g/mol. The summed E-state index contributed by atoms with van der Waals surface area (Å²) in [6.45, 7) is 8.38. The molecule has 112 valence electrons. The summed E-state index contributed by atoms with van der Waals surface area (Å²) in [6, 6.07) is 4.98. The van der Waals surface area contributed by atoms with Crippen LogP contribution in [-0.2, 0) is 12.1 Å². The first-order valence-electron chi connectivity index (χ1n) is 6.68. The van der Waals surface area contributed by atoms with Gasteiger partial charge in [0.15, 0.2) is 0 Å². The van der Waals surface area contributed by atoms with Crippen LogP contribution in [0.5, 0.6) is 0 Å². The van der Waals surface area contributed by atoms with Crippen LogP contribution >= 0.6 is 0 Å². The lowest BCUT2D eigenvalue weighted by molar-refractivity contribution is -0.384. The smallest absolute Gasteiger partial charge is 0.292 e. The minimum Gasteiger partial charge on any atom is -0.374 e. The second-order valence-electron chi connectivity index (χ2n) is 5.96. The quantitative estimate of drug-likeness (QED) is 0.691. The summed E-state index contributed by atoms with van der Waals surface area (Å²) in [4.78, 5) is 10.6. The van der Waals surface area contributed by atoms with Crippen molar-refractivity contribution in [2.24, 2.45) is 0 Å². The first-order chi connectivity index (χ1) is 9.77. The van der Waals surface area contributed by atoms with Gasteiger partial charge in [-0.05, 0) is 39.3 Å².